The van der Waals surface area contributed by atoms with Crippen LogP contribution in [0.1, 0.15) is 18.5 Å². The van der Waals surface area contributed by atoms with Crippen molar-refractivity contribution < 1.29 is 14.2 Å². The van der Waals surface area contributed by atoms with Crippen molar-refractivity contribution in [2.24, 2.45) is 0 Å². The van der Waals surface area contributed by atoms with Crippen molar-refractivity contribution in [2.45, 2.75) is 19.8 Å². The number of nitrogens with zero attached hydrogens (tertiary/aromatic N) is 2. The average Bonchev–Trinajstić information content (AvgIpc) is 3.34. The van der Waals surface area contributed by atoms with Crippen LogP contribution in [0.5, 0.6) is 11.5 Å². The van der Waals surface area contributed by atoms with Crippen LogP contribution in [0.3, 0.4) is 0 Å². The lowest BCUT2D eigenvalue weighted by Gasteiger charge is -2.17. The first-order valence-corrected chi connectivity index (χ1v) is 9.78. The molecule has 0 aliphatic carbocycles. The molecule has 6 heteroatoms. The summed E-state index contributed by atoms with van der Waals surface area (Å²) in [5, 5.41) is 10.6. The second-order valence-corrected chi connectivity index (χ2v) is 7.69. The van der Waals surface area contributed by atoms with Crippen LogP contribution < -0.4 is 9.64 Å². The second-order valence-electron chi connectivity index (χ2n) is 6.69. The van der Waals surface area contributed by atoms with Crippen molar-refractivity contribution in [1.82, 2.24) is 4.98 Å². The fourth-order valence-electron chi connectivity index (χ4n) is 3.46. The highest BCUT2D eigenvalue weighted by atomic mass is 32.1. The van der Waals surface area contributed by atoms with Crippen molar-refractivity contribution in [2.75, 3.05) is 25.1 Å². The van der Waals surface area contributed by atoms with Gasteiger partial charge in [0, 0.05) is 29.9 Å². The number of aromatic nitrogens is 1. The van der Waals surface area contributed by atoms with E-state index in [1.165, 1.54) is 43.0 Å². The van der Waals surface area contributed by atoms with E-state index < -0.39 is 11.6 Å². The second kappa shape index (κ2) is 7.19. The Morgan fingerprint density at radius 1 is 1.15 bits per heavy atom. The van der Waals surface area contributed by atoms with Crippen LogP contribution in [-0.4, -0.2) is 30.3 Å². The molecule has 3 aromatic rings. The highest BCUT2D eigenvalue weighted by molar-refractivity contribution is 7.18. The quantitative estimate of drug-likeness (QED) is 0.668. The maximum atomic E-state index is 14.0. The predicted octanol–water partition coefficient (Wildman–Crippen LogP) is 5.24. The summed E-state index contributed by atoms with van der Waals surface area (Å²) in [6.07, 6.45) is 2.47. The third kappa shape index (κ3) is 3.37. The van der Waals surface area contributed by atoms with Gasteiger partial charge >= 0.3 is 0 Å². The first-order valence-electron chi connectivity index (χ1n) is 8.96. The van der Waals surface area contributed by atoms with E-state index in [4.69, 9.17) is 9.72 Å². The number of phenolic OH excluding ortho intramolecular Hbond substituents is 1. The summed E-state index contributed by atoms with van der Waals surface area (Å²) in [4.78, 5) is 7.97. The number of benzene rings is 2. The molecule has 1 fully saturated rings. The minimum absolute atomic E-state index is 0.121. The van der Waals surface area contributed by atoms with Crippen LogP contribution in [0.4, 0.5) is 10.1 Å². The Kier molecular flexibility index (Phi) is 4.74. The van der Waals surface area contributed by atoms with E-state index in [0.29, 0.717) is 5.56 Å². The lowest BCUT2D eigenvalue weighted by atomic mass is 10.1. The topological polar surface area (TPSA) is 45.6 Å². The van der Waals surface area contributed by atoms with Gasteiger partial charge in [-0.15, -0.1) is 11.3 Å². The zero-order valence-electron chi connectivity index (χ0n) is 15.3. The van der Waals surface area contributed by atoms with E-state index in [0.717, 1.165) is 34.2 Å². The number of thiazole rings is 1. The first-order chi connectivity index (χ1) is 13.1. The molecule has 1 N–H and O–H groups in total. The predicted molar refractivity (Wildman–Crippen MR) is 107 cm³/mol. The molecule has 4 nitrogen and oxygen atoms in total. The van der Waals surface area contributed by atoms with Gasteiger partial charge in [0.15, 0.2) is 17.3 Å². The molecule has 2 aromatic carbocycles. The SMILES string of the molecule is COc1cc(-c2sc(-c3cccc(N4CCCC4)c3)nc2C)cc(F)c1O. The Balaban J connectivity index is 1.72. The zero-order chi connectivity index (χ0) is 19.0. The molecule has 1 saturated heterocycles. The van der Waals surface area contributed by atoms with Gasteiger partial charge in [0.2, 0.25) is 0 Å². The molecule has 1 aliphatic heterocycles. The van der Waals surface area contributed by atoms with Gasteiger partial charge in [-0.25, -0.2) is 9.37 Å². The lowest BCUT2D eigenvalue weighted by Crippen LogP contribution is -2.17. The number of methoxy groups -OCH3 is 1. The molecule has 0 amide bonds. The summed E-state index contributed by atoms with van der Waals surface area (Å²) in [5.41, 5.74) is 3.76. The number of halogens is 1. The Hall–Kier alpha value is -2.60. The minimum Gasteiger partial charge on any atom is -0.502 e. The van der Waals surface area contributed by atoms with E-state index in [-0.39, 0.29) is 5.75 Å². The standard InChI is InChI=1S/C21H21FN2O2S/c1-13-20(15-11-17(22)19(25)18(12-15)26-2)27-21(23-13)14-6-5-7-16(10-14)24-8-3-4-9-24/h5-7,10-12,25H,3-4,8-9H2,1-2H3. The summed E-state index contributed by atoms with van der Waals surface area (Å²) in [5.74, 6) is -1.05. The Morgan fingerprint density at radius 3 is 2.67 bits per heavy atom. The van der Waals surface area contributed by atoms with Gasteiger partial charge < -0.3 is 14.7 Å². The van der Waals surface area contributed by atoms with Gasteiger partial charge in [-0.2, -0.15) is 0 Å². The zero-order valence-corrected chi connectivity index (χ0v) is 16.1. The van der Waals surface area contributed by atoms with Crippen molar-refractivity contribution >= 4 is 17.0 Å². The number of rotatable bonds is 4. The maximum Gasteiger partial charge on any atom is 0.194 e. The Bertz CT molecular complexity index is 980. The Labute approximate surface area is 161 Å². The number of hydrogen-bond donors (Lipinski definition) is 1. The number of aromatic hydroxyl groups is 1. The summed E-state index contributed by atoms with van der Waals surface area (Å²) < 4.78 is 19.1. The number of ether oxygens (including phenoxy) is 1. The Morgan fingerprint density at radius 2 is 1.93 bits per heavy atom. The van der Waals surface area contributed by atoms with Gasteiger partial charge in [-0.1, -0.05) is 12.1 Å². The van der Waals surface area contributed by atoms with Crippen LogP contribution in [0.2, 0.25) is 0 Å². The van der Waals surface area contributed by atoms with Gasteiger partial charge in [0.25, 0.3) is 0 Å². The molecule has 1 aromatic heterocycles. The smallest absolute Gasteiger partial charge is 0.194 e. The van der Waals surface area contributed by atoms with Gasteiger partial charge in [0.1, 0.15) is 5.01 Å². The number of anilines is 1. The molecule has 0 spiro atoms. The van der Waals surface area contributed by atoms with Crippen molar-refractivity contribution in [3.8, 4) is 32.5 Å². The molecular formula is C21H21FN2O2S. The van der Waals surface area contributed by atoms with E-state index >= 15 is 0 Å². The molecule has 0 bridgehead atoms. The molecular weight excluding hydrogens is 363 g/mol. The molecule has 140 valence electrons. The highest BCUT2D eigenvalue weighted by Crippen LogP contribution is 2.40. The van der Waals surface area contributed by atoms with Gasteiger partial charge in [0.05, 0.1) is 17.7 Å². The van der Waals surface area contributed by atoms with Crippen molar-refractivity contribution in [3.63, 3.8) is 0 Å². The lowest BCUT2D eigenvalue weighted by molar-refractivity contribution is 0.357. The number of aryl methyl sites for hydroxylation is 1. The molecule has 0 unspecified atom stereocenters. The van der Waals surface area contributed by atoms with Crippen LogP contribution in [0.15, 0.2) is 36.4 Å². The van der Waals surface area contributed by atoms with Gasteiger partial charge in [-0.05, 0) is 44.0 Å². The maximum absolute atomic E-state index is 14.0. The largest absolute Gasteiger partial charge is 0.502 e. The third-order valence-electron chi connectivity index (χ3n) is 4.87. The van der Waals surface area contributed by atoms with E-state index in [2.05, 4.69) is 29.2 Å². The number of hydrogen-bond acceptors (Lipinski definition) is 5. The minimum atomic E-state index is -0.699. The van der Waals surface area contributed by atoms with Crippen LogP contribution in [-0.2, 0) is 0 Å². The van der Waals surface area contributed by atoms with Crippen molar-refractivity contribution in [1.29, 1.82) is 0 Å². The molecule has 0 saturated carbocycles. The molecule has 4 rings (SSSR count). The number of phenols is 1. The fraction of sp³-hybridized carbons (Fsp3) is 0.286. The van der Waals surface area contributed by atoms with Crippen molar-refractivity contribution in [3.05, 3.63) is 47.9 Å². The van der Waals surface area contributed by atoms with Crippen LogP contribution >= 0.6 is 11.3 Å². The summed E-state index contributed by atoms with van der Waals surface area (Å²) >= 11 is 1.52. The monoisotopic (exact) mass is 384 g/mol. The highest BCUT2D eigenvalue weighted by Gasteiger charge is 2.18. The molecule has 0 atom stereocenters. The summed E-state index contributed by atoms with van der Waals surface area (Å²) in [7, 11) is 1.41. The molecule has 27 heavy (non-hydrogen) atoms. The fourth-order valence-corrected chi connectivity index (χ4v) is 4.51. The molecule has 0 radical (unpaired) electrons. The first kappa shape index (κ1) is 17.8. The summed E-state index contributed by atoms with van der Waals surface area (Å²) in [6, 6.07) is 11.4. The van der Waals surface area contributed by atoms with Gasteiger partial charge in [-0.3, -0.25) is 0 Å². The van der Waals surface area contributed by atoms with E-state index in [1.54, 1.807) is 6.07 Å². The van der Waals surface area contributed by atoms with Crippen LogP contribution in [0.25, 0.3) is 21.0 Å². The van der Waals surface area contributed by atoms with E-state index in [9.17, 15) is 9.50 Å². The molecule has 1 aliphatic rings. The van der Waals surface area contributed by atoms with Crippen LogP contribution in [0, 0.1) is 12.7 Å². The molecule has 2 heterocycles. The third-order valence-corrected chi connectivity index (χ3v) is 6.13. The summed E-state index contributed by atoms with van der Waals surface area (Å²) in [6.45, 7) is 4.10. The van der Waals surface area contributed by atoms with E-state index in [1.807, 2.05) is 6.92 Å². The normalized spacial score (nSPS) is 14.0. The average molecular weight is 384 g/mol.